The van der Waals surface area contributed by atoms with Gasteiger partial charge in [0.25, 0.3) is 5.56 Å². The first-order chi connectivity index (χ1) is 10.3. The first-order valence-electron chi connectivity index (χ1n) is 7.76. The molecule has 124 valence electrons. The Bertz CT molecular complexity index is 581. The molecule has 0 atom stereocenters. The van der Waals surface area contributed by atoms with Gasteiger partial charge in [0, 0.05) is 31.5 Å². The van der Waals surface area contributed by atoms with E-state index >= 15 is 0 Å². The third kappa shape index (κ3) is 4.18. The van der Waals surface area contributed by atoms with Gasteiger partial charge in [-0.25, -0.2) is 13.6 Å². The van der Waals surface area contributed by atoms with E-state index in [2.05, 4.69) is 10.3 Å². The summed E-state index contributed by atoms with van der Waals surface area (Å²) in [7, 11) is 0. The molecule has 0 bridgehead atoms. The Balaban J connectivity index is 1.88. The normalized spacial score (nSPS) is 18.6. The lowest BCUT2D eigenvalue weighted by Crippen LogP contribution is -2.36. The quantitative estimate of drug-likeness (QED) is 0.878. The molecule has 1 fully saturated rings. The lowest BCUT2D eigenvalue weighted by atomic mass is 9.85. The standard InChI is InChI=1S/C15H23F2N3O2/c1-10(2)20-13(21)9-12(19-14(20)22)18-8-5-11-3-6-15(16,17)7-4-11/h9-11,18H,3-8H2,1-2H3,(H,19,22). The predicted molar refractivity (Wildman–Crippen MR) is 81.7 cm³/mol. The SMILES string of the molecule is CC(C)n1c(=O)cc(NCCC2CCC(F)(F)CC2)[nH]c1=O. The molecule has 2 rings (SSSR count). The molecule has 0 unspecified atom stereocenters. The minimum atomic E-state index is -2.50. The number of hydrogen-bond acceptors (Lipinski definition) is 3. The van der Waals surface area contributed by atoms with Crippen molar-refractivity contribution in [3.05, 3.63) is 26.9 Å². The van der Waals surface area contributed by atoms with E-state index in [1.165, 1.54) is 6.07 Å². The van der Waals surface area contributed by atoms with E-state index in [0.29, 0.717) is 25.2 Å². The van der Waals surface area contributed by atoms with E-state index in [0.717, 1.165) is 11.0 Å². The summed E-state index contributed by atoms with van der Waals surface area (Å²) in [5.74, 6) is -1.85. The van der Waals surface area contributed by atoms with Crippen molar-refractivity contribution in [2.24, 2.45) is 5.92 Å². The number of nitrogens with one attached hydrogen (secondary N) is 2. The number of aromatic nitrogens is 2. The van der Waals surface area contributed by atoms with Crippen molar-refractivity contribution in [3.63, 3.8) is 0 Å². The monoisotopic (exact) mass is 315 g/mol. The van der Waals surface area contributed by atoms with Crippen LogP contribution < -0.4 is 16.6 Å². The topological polar surface area (TPSA) is 66.9 Å². The summed E-state index contributed by atoms with van der Waals surface area (Å²) in [4.78, 5) is 26.3. The van der Waals surface area contributed by atoms with Crippen LogP contribution in [0.5, 0.6) is 0 Å². The van der Waals surface area contributed by atoms with Gasteiger partial charge in [-0.2, -0.15) is 0 Å². The number of aromatic amines is 1. The molecule has 0 aromatic carbocycles. The van der Waals surface area contributed by atoms with Gasteiger partial charge in [0.1, 0.15) is 5.82 Å². The van der Waals surface area contributed by atoms with Gasteiger partial charge in [-0.15, -0.1) is 0 Å². The van der Waals surface area contributed by atoms with Gasteiger partial charge < -0.3 is 5.32 Å². The Hall–Kier alpha value is -1.66. The molecule has 1 heterocycles. The van der Waals surface area contributed by atoms with E-state index < -0.39 is 11.6 Å². The van der Waals surface area contributed by atoms with Crippen LogP contribution in [0.2, 0.25) is 0 Å². The van der Waals surface area contributed by atoms with Crippen LogP contribution in [0.15, 0.2) is 15.7 Å². The number of halogens is 2. The maximum absolute atomic E-state index is 13.1. The number of hydrogen-bond donors (Lipinski definition) is 2. The van der Waals surface area contributed by atoms with Crippen LogP contribution in [0.1, 0.15) is 52.0 Å². The molecule has 0 aliphatic heterocycles. The highest BCUT2D eigenvalue weighted by atomic mass is 19.3. The van der Waals surface area contributed by atoms with E-state index in [1.807, 2.05) is 0 Å². The average molecular weight is 315 g/mol. The second kappa shape index (κ2) is 6.62. The number of H-pyrrole nitrogens is 1. The molecule has 0 amide bonds. The molecular weight excluding hydrogens is 292 g/mol. The van der Waals surface area contributed by atoms with Crippen LogP contribution in [-0.2, 0) is 0 Å². The van der Waals surface area contributed by atoms with Crippen molar-refractivity contribution in [3.8, 4) is 0 Å². The van der Waals surface area contributed by atoms with Crippen molar-refractivity contribution in [1.29, 1.82) is 0 Å². The fourth-order valence-corrected chi connectivity index (χ4v) is 2.89. The molecule has 1 aliphatic rings. The second-order valence-corrected chi connectivity index (χ2v) is 6.30. The summed E-state index contributed by atoms with van der Waals surface area (Å²) in [6.45, 7) is 4.09. The fourth-order valence-electron chi connectivity index (χ4n) is 2.89. The van der Waals surface area contributed by atoms with Gasteiger partial charge in [0.15, 0.2) is 0 Å². The third-order valence-corrected chi connectivity index (χ3v) is 4.19. The molecule has 0 spiro atoms. The van der Waals surface area contributed by atoms with E-state index in [1.54, 1.807) is 13.8 Å². The molecule has 0 radical (unpaired) electrons. The highest BCUT2D eigenvalue weighted by Crippen LogP contribution is 2.37. The van der Waals surface area contributed by atoms with Gasteiger partial charge in [-0.1, -0.05) is 0 Å². The Morgan fingerprint density at radius 2 is 2.00 bits per heavy atom. The summed E-state index contributed by atoms with van der Waals surface area (Å²) < 4.78 is 27.3. The summed E-state index contributed by atoms with van der Waals surface area (Å²) >= 11 is 0. The predicted octanol–water partition coefficient (Wildman–Crippen LogP) is 2.75. The lowest BCUT2D eigenvalue weighted by molar-refractivity contribution is -0.0461. The zero-order valence-corrected chi connectivity index (χ0v) is 13.0. The molecule has 2 N–H and O–H groups in total. The molecule has 0 saturated heterocycles. The van der Waals surface area contributed by atoms with Crippen LogP contribution in [0.25, 0.3) is 0 Å². The first kappa shape index (κ1) is 16.7. The molecule has 1 aromatic heterocycles. The Morgan fingerprint density at radius 3 is 2.55 bits per heavy atom. The van der Waals surface area contributed by atoms with Gasteiger partial charge in [-0.05, 0) is 39.0 Å². The van der Waals surface area contributed by atoms with Crippen LogP contribution in [-0.4, -0.2) is 22.0 Å². The van der Waals surface area contributed by atoms with E-state index in [4.69, 9.17) is 0 Å². The molecule has 5 nitrogen and oxygen atoms in total. The van der Waals surface area contributed by atoms with Gasteiger partial charge >= 0.3 is 5.69 Å². The molecule has 1 aromatic rings. The molecule has 1 aliphatic carbocycles. The Labute approximate surface area is 127 Å². The maximum Gasteiger partial charge on any atom is 0.330 e. The smallest absolute Gasteiger partial charge is 0.330 e. The number of rotatable bonds is 5. The largest absolute Gasteiger partial charge is 0.371 e. The van der Waals surface area contributed by atoms with Crippen LogP contribution in [0.4, 0.5) is 14.6 Å². The van der Waals surface area contributed by atoms with Crippen molar-refractivity contribution in [2.45, 2.75) is 57.9 Å². The summed E-state index contributed by atoms with van der Waals surface area (Å²) in [5.41, 5.74) is -0.791. The Kier molecular flexibility index (Phi) is 5.03. The summed E-state index contributed by atoms with van der Waals surface area (Å²) in [6, 6.07) is 1.16. The van der Waals surface area contributed by atoms with E-state index in [9.17, 15) is 18.4 Å². The number of nitrogens with zero attached hydrogens (tertiary/aromatic N) is 1. The summed E-state index contributed by atoms with van der Waals surface area (Å²) in [5, 5.41) is 3.00. The minimum absolute atomic E-state index is 0.0427. The van der Waals surface area contributed by atoms with E-state index in [-0.39, 0.29) is 30.4 Å². The summed E-state index contributed by atoms with van der Waals surface area (Å²) in [6.07, 6.45) is 1.73. The highest BCUT2D eigenvalue weighted by Gasteiger charge is 2.34. The maximum atomic E-state index is 13.1. The van der Waals surface area contributed by atoms with Crippen molar-refractivity contribution in [1.82, 2.24) is 9.55 Å². The average Bonchev–Trinajstić information content (AvgIpc) is 2.39. The van der Waals surface area contributed by atoms with Crippen molar-refractivity contribution in [2.75, 3.05) is 11.9 Å². The zero-order valence-electron chi connectivity index (χ0n) is 13.0. The Morgan fingerprint density at radius 1 is 1.36 bits per heavy atom. The molecular formula is C15H23F2N3O2. The van der Waals surface area contributed by atoms with Gasteiger partial charge in [-0.3, -0.25) is 14.3 Å². The fraction of sp³-hybridized carbons (Fsp3) is 0.733. The van der Waals surface area contributed by atoms with Gasteiger partial charge in [0.05, 0.1) is 0 Å². The highest BCUT2D eigenvalue weighted by molar-refractivity contribution is 5.31. The number of alkyl halides is 2. The zero-order chi connectivity index (χ0) is 16.3. The first-order valence-corrected chi connectivity index (χ1v) is 7.76. The van der Waals surface area contributed by atoms with Crippen LogP contribution in [0, 0.1) is 5.92 Å². The molecule has 1 saturated carbocycles. The van der Waals surface area contributed by atoms with Crippen LogP contribution in [0.3, 0.4) is 0 Å². The molecule has 7 heteroatoms. The van der Waals surface area contributed by atoms with Crippen LogP contribution >= 0.6 is 0 Å². The lowest BCUT2D eigenvalue weighted by Gasteiger charge is -2.28. The minimum Gasteiger partial charge on any atom is -0.371 e. The number of anilines is 1. The van der Waals surface area contributed by atoms with Gasteiger partial charge in [0.2, 0.25) is 5.92 Å². The van der Waals surface area contributed by atoms with Crippen molar-refractivity contribution >= 4 is 5.82 Å². The third-order valence-electron chi connectivity index (χ3n) is 4.19. The van der Waals surface area contributed by atoms with Crippen molar-refractivity contribution < 1.29 is 8.78 Å². The second-order valence-electron chi connectivity index (χ2n) is 6.30. The molecule has 22 heavy (non-hydrogen) atoms.